The Balaban J connectivity index is 1.68. The molecule has 6 nitrogen and oxygen atoms in total. The Kier molecular flexibility index (Phi) is 5.17. The summed E-state index contributed by atoms with van der Waals surface area (Å²) in [5, 5.41) is 4.04. The third-order valence-electron chi connectivity index (χ3n) is 4.90. The summed E-state index contributed by atoms with van der Waals surface area (Å²) in [5.74, 6) is 1.27. The first kappa shape index (κ1) is 18.7. The second-order valence-corrected chi connectivity index (χ2v) is 8.11. The first-order valence-electron chi connectivity index (χ1n) is 9.41. The van der Waals surface area contributed by atoms with Crippen molar-refractivity contribution in [2.75, 3.05) is 5.75 Å². The molecule has 1 N–H and O–H groups in total. The maximum Gasteiger partial charge on any atom is 0.267 e. The number of pyridine rings is 1. The zero-order chi connectivity index (χ0) is 19.7. The van der Waals surface area contributed by atoms with Crippen molar-refractivity contribution >= 4 is 28.6 Å². The standard InChI is InChI=1S/C21H22N4O2S/c1-13-6-5-9-18(22-13)25-20(27)16-7-3-4-8-17(16)24-21(25)28-12-19(26)23-14(2)15-10-11-15/h3-9,14-15H,10-12H2,1-2H3,(H,23,26)/t14-/m0/s1. The fourth-order valence-corrected chi connectivity index (χ4v) is 4.02. The highest BCUT2D eigenvalue weighted by molar-refractivity contribution is 7.99. The second kappa shape index (κ2) is 7.75. The zero-order valence-electron chi connectivity index (χ0n) is 15.9. The van der Waals surface area contributed by atoms with Crippen LogP contribution in [-0.4, -0.2) is 32.2 Å². The summed E-state index contributed by atoms with van der Waals surface area (Å²) in [4.78, 5) is 34.6. The molecule has 0 bridgehead atoms. The van der Waals surface area contributed by atoms with Crippen molar-refractivity contribution < 1.29 is 4.79 Å². The van der Waals surface area contributed by atoms with Crippen LogP contribution in [0, 0.1) is 12.8 Å². The predicted molar refractivity (Wildman–Crippen MR) is 111 cm³/mol. The first-order chi connectivity index (χ1) is 13.5. The van der Waals surface area contributed by atoms with Crippen LogP contribution >= 0.6 is 11.8 Å². The van der Waals surface area contributed by atoms with E-state index in [1.807, 2.05) is 44.2 Å². The van der Waals surface area contributed by atoms with Crippen LogP contribution in [0.15, 0.2) is 52.4 Å². The van der Waals surface area contributed by atoms with Crippen LogP contribution in [-0.2, 0) is 4.79 Å². The van der Waals surface area contributed by atoms with E-state index in [0.717, 1.165) is 5.69 Å². The summed E-state index contributed by atoms with van der Waals surface area (Å²) in [7, 11) is 0. The Morgan fingerprint density at radius 1 is 1.21 bits per heavy atom. The molecule has 4 rings (SSSR count). The van der Waals surface area contributed by atoms with Crippen molar-refractivity contribution in [1.82, 2.24) is 19.9 Å². The molecule has 1 amide bonds. The average molecular weight is 395 g/mol. The van der Waals surface area contributed by atoms with E-state index in [0.29, 0.717) is 27.8 Å². The number of carbonyl (C=O) groups is 1. The van der Waals surface area contributed by atoms with Crippen LogP contribution in [0.4, 0.5) is 0 Å². The first-order valence-corrected chi connectivity index (χ1v) is 10.4. The van der Waals surface area contributed by atoms with Gasteiger partial charge in [0.2, 0.25) is 5.91 Å². The van der Waals surface area contributed by atoms with Crippen LogP contribution in [0.2, 0.25) is 0 Å². The van der Waals surface area contributed by atoms with Gasteiger partial charge in [0.15, 0.2) is 5.16 Å². The number of carbonyl (C=O) groups excluding carboxylic acids is 1. The highest BCUT2D eigenvalue weighted by atomic mass is 32.2. The second-order valence-electron chi connectivity index (χ2n) is 7.17. The normalized spacial score (nSPS) is 14.8. The lowest BCUT2D eigenvalue weighted by Gasteiger charge is -2.14. The van der Waals surface area contributed by atoms with Gasteiger partial charge in [-0.2, -0.15) is 0 Å². The number of hydrogen-bond donors (Lipinski definition) is 1. The Bertz CT molecular complexity index is 1090. The van der Waals surface area contributed by atoms with Crippen molar-refractivity contribution in [3.63, 3.8) is 0 Å². The number of nitrogens with zero attached hydrogens (tertiary/aromatic N) is 3. The number of fused-ring (bicyclic) bond motifs is 1. The van der Waals surface area contributed by atoms with E-state index < -0.39 is 0 Å². The molecule has 1 atom stereocenters. The number of thioether (sulfide) groups is 1. The lowest BCUT2D eigenvalue weighted by atomic mass is 10.2. The Labute approximate surface area is 167 Å². The summed E-state index contributed by atoms with van der Waals surface area (Å²) >= 11 is 1.26. The maximum atomic E-state index is 13.2. The van der Waals surface area contributed by atoms with E-state index in [1.165, 1.54) is 29.2 Å². The van der Waals surface area contributed by atoms with Gasteiger partial charge in [0.05, 0.1) is 16.7 Å². The number of aryl methyl sites for hydroxylation is 1. The molecule has 1 aliphatic rings. The lowest BCUT2D eigenvalue weighted by Crippen LogP contribution is -2.35. The lowest BCUT2D eigenvalue weighted by molar-refractivity contribution is -0.119. The molecule has 0 aliphatic heterocycles. The molecule has 7 heteroatoms. The third kappa shape index (κ3) is 3.94. The SMILES string of the molecule is Cc1cccc(-n2c(SCC(=O)N[C@@H](C)C3CC3)nc3ccccc3c2=O)n1. The van der Waals surface area contributed by atoms with Crippen molar-refractivity contribution in [2.24, 2.45) is 5.92 Å². The van der Waals surface area contributed by atoms with Crippen LogP contribution in [0.25, 0.3) is 16.7 Å². The maximum absolute atomic E-state index is 13.2. The topological polar surface area (TPSA) is 76.9 Å². The number of amides is 1. The molecule has 0 saturated heterocycles. The van der Waals surface area contributed by atoms with Crippen molar-refractivity contribution in [3.05, 3.63) is 58.5 Å². The van der Waals surface area contributed by atoms with Crippen LogP contribution < -0.4 is 10.9 Å². The van der Waals surface area contributed by atoms with E-state index in [9.17, 15) is 9.59 Å². The van der Waals surface area contributed by atoms with E-state index >= 15 is 0 Å². The highest BCUT2D eigenvalue weighted by Crippen LogP contribution is 2.32. The fourth-order valence-electron chi connectivity index (χ4n) is 3.20. The average Bonchev–Trinajstić information content (AvgIpc) is 3.52. The van der Waals surface area contributed by atoms with Gasteiger partial charge in [-0.3, -0.25) is 9.59 Å². The van der Waals surface area contributed by atoms with Crippen LogP contribution in [0.5, 0.6) is 0 Å². The molecule has 0 spiro atoms. The van der Waals surface area contributed by atoms with Crippen molar-refractivity contribution in [2.45, 2.75) is 37.9 Å². The number of benzene rings is 1. The molecule has 1 aromatic carbocycles. The van der Waals surface area contributed by atoms with Gasteiger partial charge in [0.25, 0.3) is 5.56 Å². The summed E-state index contributed by atoms with van der Waals surface area (Å²) in [5.41, 5.74) is 1.24. The molecule has 144 valence electrons. The number of rotatable bonds is 6. The van der Waals surface area contributed by atoms with Gasteiger partial charge < -0.3 is 5.32 Å². The smallest absolute Gasteiger partial charge is 0.267 e. The molecular weight excluding hydrogens is 372 g/mol. The predicted octanol–water partition coefficient (Wildman–Crippen LogP) is 3.10. The van der Waals surface area contributed by atoms with Crippen LogP contribution in [0.1, 0.15) is 25.5 Å². The summed E-state index contributed by atoms with van der Waals surface area (Å²) < 4.78 is 1.50. The monoisotopic (exact) mass is 394 g/mol. The van der Waals surface area contributed by atoms with E-state index in [-0.39, 0.29) is 23.3 Å². The summed E-state index contributed by atoms with van der Waals surface area (Å²) in [6.07, 6.45) is 2.36. The van der Waals surface area contributed by atoms with Crippen molar-refractivity contribution in [1.29, 1.82) is 0 Å². The molecule has 0 unspecified atom stereocenters. The Morgan fingerprint density at radius 3 is 2.75 bits per heavy atom. The number of aromatic nitrogens is 3. The van der Waals surface area contributed by atoms with Gasteiger partial charge >= 0.3 is 0 Å². The highest BCUT2D eigenvalue weighted by Gasteiger charge is 2.29. The largest absolute Gasteiger partial charge is 0.353 e. The minimum Gasteiger partial charge on any atom is -0.353 e. The van der Waals surface area contributed by atoms with Crippen molar-refractivity contribution in [3.8, 4) is 5.82 Å². The molecule has 1 saturated carbocycles. The molecule has 2 heterocycles. The molecular formula is C21H22N4O2S. The Hall–Kier alpha value is -2.67. The van der Waals surface area contributed by atoms with E-state index in [2.05, 4.69) is 15.3 Å². The van der Waals surface area contributed by atoms with E-state index in [4.69, 9.17) is 0 Å². The number of nitrogens with one attached hydrogen (secondary N) is 1. The molecule has 2 aromatic heterocycles. The van der Waals surface area contributed by atoms with Gasteiger partial charge in [0, 0.05) is 11.7 Å². The van der Waals surface area contributed by atoms with Crippen LogP contribution in [0.3, 0.4) is 0 Å². The van der Waals surface area contributed by atoms with Gasteiger partial charge in [-0.15, -0.1) is 0 Å². The number of para-hydroxylation sites is 1. The molecule has 0 radical (unpaired) electrons. The van der Waals surface area contributed by atoms with Gasteiger partial charge in [-0.1, -0.05) is 30.0 Å². The molecule has 3 aromatic rings. The molecule has 1 aliphatic carbocycles. The zero-order valence-corrected chi connectivity index (χ0v) is 16.7. The number of hydrogen-bond acceptors (Lipinski definition) is 5. The quantitative estimate of drug-likeness (QED) is 0.514. The van der Waals surface area contributed by atoms with Gasteiger partial charge in [-0.05, 0) is 56.9 Å². The minimum atomic E-state index is -0.182. The molecule has 1 fully saturated rings. The minimum absolute atomic E-state index is 0.0458. The van der Waals surface area contributed by atoms with E-state index in [1.54, 1.807) is 12.1 Å². The molecule has 28 heavy (non-hydrogen) atoms. The summed E-state index contributed by atoms with van der Waals surface area (Å²) in [6, 6.07) is 12.9. The fraction of sp³-hybridized carbons (Fsp3) is 0.333. The third-order valence-corrected chi connectivity index (χ3v) is 5.84. The van der Waals surface area contributed by atoms with Gasteiger partial charge in [-0.25, -0.2) is 14.5 Å². The summed E-state index contributed by atoms with van der Waals surface area (Å²) in [6.45, 7) is 3.92. The Morgan fingerprint density at radius 2 is 2.00 bits per heavy atom. The van der Waals surface area contributed by atoms with Gasteiger partial charge in [0.1, 0.15) is 5.82 Å².